The predicted octanol–water partition coefficient (Wildman–Crippen LogP) is 2.81. The number of hydrogen-bond acceptors (Lipinski definition) is 2. The van der Waals surface area contributed by atoms with E-state index in [0.29, 0.717) is 22.8 Å². The second kappa shape index (κ2) is 4.24. The topological polar surface area (TPSA) is 32.3 Å². The molecule has 0 saturated heterocycles. The summed E-state index contributed by atoms with van der Waals surface area (Å²) >= 11 is 0. The molecule has 0 aromatic heterocycles. The van der Waals surface area contributed by atoms with E-state index in [1.165, 1.54) is 19.3 Å². The molecule has 2 nitrogen and oxygen atoms in total. The van der Waals surface area contributed by atoms with Crippen LogP contribution in [0.3, 0.4) is 0 Å². The quantitative estimate of drug-likeness (QED) is 0.790. The molecule has 17 heavy (non-hydrogen) atoms. The summed E-state index contributed by atoms with van der Waals surface area (Å²) in [5.41, 5.74) is 0.856. The van der Waals surface area contributed by atoms with Gasteiger partial charge < -0.3 is 10.4 Å². The maximum atomic E-state index is 9.95. The highest BCUT2D eigenvalue weighted by atomic mass is 16.3. The van der Waals surface area contributed by atoms with Crippen LogP contribution in [0.15, 0.2) is 0 Å². The van der Waals surface area contributed by atoms with Gasteiger partial charge in [0.25, 0.3) is 0 Å². The second-order valence-electron chi connectivity index (χ2n) is 7.57. The van der Waals surface area contributed by atoms with Crippen molar-refractivity contribution in [2.24, 2.45) is 22.7 Å². The highest BCUT2D eigenvalue weighted by Crippen LogP contribution is 2.62. The van der Waals surface area contributed by atoms with Gasteiger partial charge in [0, 0.05) is 12.6 Å². The van der Waals surface area contributed by atoms with E-state index in [9.17, 15) is 5.11 Å². The molecule has 2 fully saturated rings. The van der Waals surface area contributed by atoms with Crippen LogP contribution in [0.25, 0.3) is 0 Å². The number of aliphatic hydroxyl groups excluding tert-OH is 1. The summed E-state index contributed by atoms with van der Waals surface area (Å²) in [5, 5.41) is 13.6. The zero-order valence-electron chi connectivity index (χ0n) is 12.1. The summed E-state index contributed by atoms with van der Waals surface area (Å²) in [7, 11) is 0. The van der Waals surface area contributed by atoms with Gasteiger partial charge >= 0.3 is 0 Å². The standard InChI is InChI=1S/C15H29NO/c1-10(2)12(17)9-16-13-14(3,4)11-6-7-15(13,5)8-11/h10-13,16-17H,6-9H2,1-5H3/t11-,12?,13?,15+/m0/s1. The van der Waals surface area contributed by atoms with E-state index in [-0.39, 0.29) is 6.10 Å². The van der Waals surface area contributed by atoms with Crippen molar-refractivity contribution in [1.29, 1.82) is 0 Å². The van der Waals surface area contributed by atoms with Crippen molar-refractivity contribution in [2.45, 2.75) is 66.0 Å². The molecule has 0 aromatic carbocycles. The van der Waals surface area contributed by atoms with Gasteiger partial charge in [-0.15, -0.1) is 0 Å². The van der Waals surface area contributed by atoms with Crippen LogP contribution in [-0.4, -0.2) is 23.8 Å². The Balaban J connectivity index is 2.00. The SMILES string of the molecule is CC(C)C(O)CNC1C(C)(C)[C@H]2CC[C@]1(C)C2. The molecule has 2 rings (SSSR count). The highest BCUT2D eigenvalue weighted by Gasteiger charge is 2.58. The van der Waals surface area contributed by atoms with Crippen LogP contribution < -0.4 is 5.32 Å². The lowest BCUT2D eigenvalue weighted by atomic mass is 9.68. The first-order chi connectivity index (χ1) is 7.77. The molecule has 0 aromatic rings. The molecule has 2 aliphatic carbocycles. The first-order valence-electron chi connectivity index (χ1n) is 7.19. The Labute approximate surface area is 106 Å². The molecule has 2 unspecified atom stereocenters. The summed E-state index contributed by atoms with van der Waals surface area (Å²) in [6, 6.07) is 0.571. The number of rotatable bonds is 4. The van der Waals surface area contributed by atoms with Crippen molar-refractivity contribution in [3.05, 3.63) is 0 Å². The molecule has 0 heterocycles. The van der Waals surface area contributed by atoms with Crippen LogP contribution in [0.4, 0.5) is 0 Å². The fourth-order valence-electron chi connectivity index (χ4n) is 4.29. The Bertz CT molecular complexity index is 282. The normalized spacial score (nSPS) is 41.1. The third kappa shape index (κ3) is 2.15. The van der Waals surface area contributed by atoms with E-state index in [4.69, 9.17) is 0 Å². The lowest BCUT2D eigenvalue weighted by Gasteiger charge is -2.43. The van der Waals surface area contributed by atoms with Crippen molar-refractivity contribution in [1.82, 2.24) is 5.32 Å². The van der Waals surface area contributed by atoms with Gasteiger partial charge in [0.05, 0.1) is 6.10 Å². The lowest BCUT2D eigenvalue weighted by Crippen LogP contribution is -2.52. The molecule has 2 aliphatic rings. The zero-order chi connectivity index (χ0) is 12.8. The van der Waals surface area contributed by atoms with Gasteiger partial charge in [-0.25, -0.2) is 0 Å². The first-order valence-corrected chi connectivity index (χ1v) is 7.19. The molecule has 2 saturated carbocycles. The fraction of sp³-hybridized carbons (Fsp3) is 1.00. The van der Waals surface area contributed by atoms with Crippen molar-refractivity contribution >= 4 is 0 Å². The second-order valence-corrected chi connectivity index (χ2v) is 7.57. The number of fused-ring (bicyclic) bond motifs is 2. The minimum Gasteiger partial charge on any atom is -0.392 e. The Hall–Kier alpha value is -0.0800. The highest BCUT2D eigenvalue weighted by molar-refractivity contribution is 5.12. The van der Waals surface area contributed by atoms with Gasteiger partial charge in [0.1, 0.15) is 0 Å². The molecule has 0 radical (unpaired) electrons. The summed E-state index contributed by atoms with van der Waals surface area (Å²) in [4.78, 5) is 0. The minimum atomic E-state index is -0.214. The molecule has 0 amide bonds. The van der Waals surface area contributed by atoms with E-state index in [0.717, 1.165) is 12.5 Å². The average Bonchev–Trinajstić information content (AvgIpc) is 2.68. The summed E-state index contributed by atoms with van der Waals surface area (Å²) < 4.78 is 0. The summed E-state index contributed by atoms with van der Waals surface area (Å²) in [5.74, 6) is 1.22. The van der Waals surface area contributed by atoms with Crippen LogP contribution in [0.5, 0.6) is 0 Å². The van der Waals surface area contributed by atoms with Gasteiger partial charge in [0.15, 0.2) is 0 Å². The third-order valence-electron chi connectivity index (χ3n) is 5.57. The average molecular weight is 239 g/mol. The van der Waals surface area contributed by atoms with Gasteiger partial charge in [-0.05, 0) is 41.9 Å². The van der Waals surface area contributed by atoms with Gasteiger partial charge in [0.2, 0.25) is 0 Å². The minimum absolute atomic E-state index is 0.214. The zero-order valence-corrected chi connectivity index (χ0v) is 12.1. The summed E-state index contributed by atoms with van der Waals surface area (Å²) in [6.07, 6.45) is 3.91. The Morgan fingerprint density at radius 1 is 1.29 bits per heavy atom. The van der Waals surface area contributed by atoms with Gasteiger partial charge in [-0.1, -0.05) is 34.6 Å². The molecule has 0 spiro atoms. The van der Waals surface area contributed by atoms with Crippen molar-refractivity contribution in [2.75, 3.05) is 6.54 Å². The molecule has 2 heteroatoms. The van der Waals surface area contributed by atoms with Crippen LogP contribution in [-0.2, 0) is 0 Å². The molecule has 2 bridgehead atoms. The molecular formula is C15H29NO. The van der Waals surface area contributed by atoms with Crippen LogP contribution in [0, 0.1) is 22.7 Å². The van der Waals surface area contributed by atoms with Crippen molar-refractivity contribution in [3.63, 3.8) is 0 Å². The number of aliphatic hydroxyl groups is 1. The third-order valence-corrected chi connectivity index (χ3v) is 5.57. The molecule has 4 atom stereocenters. The molecule has 0 aliphatic heterocycles. The van der Waals surface area contributed by atoms with Crippen LogP contribution in [0.2, 0.25) is 0 Å². The van der Waals surface area contributed by atoms with Crippen molar-refractivity contribution in [3.8, 4) is 0 Å². The Kier molecular flexibility index (Phi) is 3.33. The monoisotopic (exact) mass is 239 g/mol. The van der Waals surface area contributed by atoms with Crippen LogP contribution >= 0.6 is 0 Å². The summed E-state index contributed by atoms with van der Waals surface area (Å²) in [6.45, 7) is 12.2. The predicted molar refractivity (Wildman–Crippen MR) is 71.9 cm³/mol. The van der Waals surface area contributed by atoms with E-state index in [1.54, 1.807) is 0 Å². The van der Waals surface area contributed by atoms with E-state index in [2.05, 4.69) is 39.9 Å². The fourth-order valence-corrected chi connectivity index (χ4v) is 4.29. The molecular weight excluding hydrogens is 210 g/mol. The first kappa shape index (κ1) is 13.4. The Morgan fingerprint density at radius 2 is 1.94 bits per heavy atom. The molecule has 2 N–H and O–H groups in total. The number of hydrogen-bond donors (Lipinski definition) is 2. The van der Waals surface area contributed by atoms with Gasteiger partial charge in [-0.3, -0.25) is 0 Å². The maximum absolute atomic E-state index is 9.95. The van der Waals surface area contributed by atoms with Gasteiger partial charge in [-0.2, -0.15) is 0 Å². The van der Waals surface area contributed by atoms with E-state index < -0.39 is 0 Å². The molecule has 100 valence electrons. The van der Waals surface area contributed by atoms with Crippen molar-refractivity contribution < 1.29 is 5.11 Å². The lowest BCUT2D eigenvalue weighted by molar-refractivity contribution is 0.0731. The maximum Gasteiger partial charge on any atom is 0.0687 e. The Morgan fingerprint density at radius 3 is 2.41 bits per heavy atom. The van der Waals surface area contributed by atoms with E-state index >= 15 is 0 Å². The van der Waals surface area contributed by atoms with E-state index in [1.807, 2.05) is 0 Å². The smallest absolute Gasteiger partial charge is 0.0687 e. The number of nitrogens with one attached hydrogen (secondary N) is 1. The largest absolute Gasteiger partial charge is 0.392 e. The van der Waals surface area contributed by atoms with Crippen LogP contribution in [0.1, 0.15) is 53.9 Å².